The number of carbonyl (C=O) groups is 2. The summed E-state index contributed by atoms with van der Waals surface area (Å²) in [7, 11) is 1.35. The molecule has 0 unspecified atom stereocenters. The smallest absolute Gasteiger partial charge is 0.309 e. The van der Waals surface area contributed by atoms with Crippen LogP contribution < -0.4 is 0 Å². The average molecular weight is 234 g/mol. The van der Waals surface area contributed by atoms with Gasteiger partial charge in [0, 0.05) is 6.42 Å². The maximum atomic E-state index is 11.5. The zero-order valence-electron chi connectivity index (χ0n) is 10.3. The van der Waals surface area contributed by atoms with Crippen LogP contribution in [-0.4, -0.2) is 19.4 Å². The second-order valence-corrected chi connectivity index (χ2v) is 4.17. The molecule has 0 fully saturated rings. The van der Waals surface area contributed by atoms with Crippen molar-refractivity contribution in [3.05, 3.63) is 35.9 Å². The third-order valence-electron chi connectivity index (χ3n) is 2.92. The monoisotopic (exact) mass is 234 g/mol. The Kier molecular flexibility index (Phi) is 5.40. The maximum absolute atomic E-state index is 11.5. The molecule has 3 nitrogen and oxygen atoms in total. The second kappa shape index (κ2) is 6.84. The number of ether oxygens (including phenoxy) is 1. The number of methoxy groups -OCH3 is 1. The average Bonchev–Trinajstić information content (AvgIpc) is 2.38. The lowest BCUT2D eigenvalue weighted by atomic mass is 9.89. The quantitative estimate of drug-likeness (QED) is 0.561. The van der Waals surface area contributed by atoms with Gasteiger partial charge in [-0.25, -0.2) is 0 Å². The number of carbonyl (C=O) groups excluding carboxylic acids is 2. The molecular weight excluding hydrogens is 216 g/mol. The lowest BCUT2D eigenvalue weighted by molar-refractivity contribution is -0.146. The summed E-state index contributed by atoms with van der Waals surface area (Å²) in [4.78, 5) is 22.0. The predicted molar refractivity (Wildman–Crippen MR) is 65.7 cm³/mol. The Bertz CT molecular complexity index is 359. The molecular formula is C14H18O3. The molecule has 1 aromatic carbocycles. The molecule has 0 aliphatic heterocycles. The van der Waals surface area contributed by atoms with Crippen molar-refractivity contribution in [3.8, 4) is 0 Å². The van der Waals surface area contributed by atoms with Crippen molar-refractivity contribution in [1.82, 2.24) is 0 Å². The third-order valence-corrected chi connectivity index (χ3v) is 2.92. The zero-order valence-corrected chi connectivity index (χ0v) is 10.3. The molecule has 0 aromatic heterocycles. The summed E-state index contributed by atoms with van der Waals surface area (Å²) >= 11 is 0. The Morgan fingerprint density at radius 1 is 1.35 bits per heavy atom. The first kappa shape index (κ1) is 13.4. The Morgan fingerprint density at radius 3 is 2.53 bits per heavy atom. The topological polar surface area (TPSA) is 43.4 Å². The van der Waals surface area contributed by atoms with Gasteiger partial charge < -0.3 is 9.53 Å². The van der Waals surface area contributed by atoms with E-state index in [1.807, 2.05) is 30.3 Å². The highest BCUT2D eigenvalue weighted by Crippen LogP contribution is 2.25. The van der Waals surface area contributed by atoms with Gasteiger partial charge in [-0.3, -0.25) is 4.79 Å². The van der Waals surface area contributed by atoms with E-state index in [1.165, 1.54) is 12.7 Å². The molecule has 0 radical (unpaired) electrons. The van der Waals surface area contributed by atoms with Crippen LogP contribution in [0.1, 0.15) is 31.2 Å². The van der Waals surface area contributed by atoms with Crippen LogP contribution in [0.15, 0.2) is 30.3 Å². The van der Waals surface area contributed by atoms with Gasteiger partial charge in [-0.05, 0) is 17.9 Å². The molecule has 2 atom stereocenters. The number of hydrogen-bond donors (Lipinski definition) is 0. The van der Waals surface area contributed by atoms with E-state index >= 15 is 0 Å². The fourth-order valence-corrected chi connectivity index (χ4v) is 1.92. The summed E-state index contributed by atoms with van der Waals surface area (Å²) in [5.74, 6) is -0.409. The normalized spacial score (nSPS) is 13.8. The Balaban J connectivity index is 2.67. The van der Waals surface area contributed by atoms with Crippen LogP contribution in [0.2, 0.25) is 0 Å². The number of esters is 1. The van der Waals surface area contributed by atoms with Crippen molar-refractivity contribution >= 4 is 12.3 Å². The summed E-state index contributed by atoms with van der Waals surface area (Å²) in [5, 5.41) is 0. The van der Waals surface area contributed by atoms with Gasteiger partial charge in [0.05, 0.1) is 13.0 Å². The first-order valence-electron chi connectivity index (χ1n) is 5.75. The van der Waals surface area contributed by atoms with Crippen LogP contribution >= 0.6 is 0 Å². The van der Waals surface area contributed by atoms with Crippen molar-refractivity contribution in [2.45, 2.75) is 25.7 Å². The molecule has 0 bridgehead atoms. The minimum absolute atomic E-state index is 0.226. The second-order valence-electron chi connectivity index (χ2n) is 4.17. The van der Waals surface area contributed by atoms with Gasteiger partial charge in [0.15, 0.2) is 0 Å². The van der Waals surface area contributed by atoms with E-state index in [-0.39, 0.29) is 24.2 Å². The molecule has 0 saturated carbocycles. The molecule has 1 rings (SSSR count). The number of hydrogen-bond acceptors (Lipinski definition) is 3. The van der Waals surface area contributed by atoms with E-state index in [9.17, 15) is 9.59 Å². The van der Waals surface area contributed by atoms with E-state index in [4.69, 9.17) is 4.74 Å². The van der Waals surface area contributed by atoms with Gasteiger partial charge in [0.1, 0.15) is 6.29 Å². The van der Waals surface area contributed by atoms with E-state index in [0.29, 0.717) is 6.42 Å². The standard InChI is InChI=1S/C14H18O3/c1-11(12-6-4-3-5-7-12)10-13(8-9-15)14(16)17-2/h3-7,9,11,13H,8,10H2,1-2H3/t11-,13+/m1/s1. The van der Waals surface area contributed by atoms with Crippen molar-refractivity contribution in [2.75, 3.05) is 7.11 Å². The van der Waals surface area contributed by atoms with Crippen molar-refractivity contribution < 1.29 is 14.3 Å². The fourth-order valence-electron chi connectivity index (χ4n) is 1.92. The lowest BCUT2D eigenvalue weighted by Gasteiger charge is -2.17. The molecule has 0 N–H and O–H groups in total. The van der Waals surface area contributed by atoms with E-state index in [2.05, 4.69) is 6.92 Å². The molecule has 0 amide bonds. The first-order valence-corrected chi connectivity index (χ1v) is 5.75. The zero-order chi connectivity index (χ0) is 12.7. The summed E-state index contributed by atoms with van der Waals surface area (Å²) in [6.45, 7) is 2.05. The molecule has 0 aliphatic carbocycles. The van der Waals surface area contributed by atoms with Gasteiger partial charge in [-0.2, -0.15) is 0 Å². The highest BCUT2D eigenvalue weighted by Gasteiger charge is 2.21. The highest BCUT2D eigenvalue weighted by molar-refractivity contribution is 5.75. The fraction of sp³-hybridized carbons (Fsp3) is 0.429. The number of aldehydes is 1. The lowest BCUT2D eigenvalue weighted by Crippen LogP contribution is -2.19. The SMILES string of the molecule is COC(=O)[C@@H](CC=O)C[C@@H](C)c1ccccc1. The largest absolute Gasteiger partial charge is 0.469 e. The van der Waals surface area contributed by atoms with Crippen molar-refractivity contribution in [2.24, 2.45) is 5.92 Å². The van der Waals surface area contributed by atoms with E-state index < -0.39 is 0 Å². The van der Waals surface area contributed by atoms with Gasteiger partial charge in [0.2, 0.25) is 0 Å². The van der Waals surface area contributed by atoms with Crippen molar-refractivity contribution in [1.29, 1.82) is 0 Å². The van der Waals surface area contributed by atoms with Crippen LogP contribution in [0, 0.1) is 5.92 Å². The highest BCUT2D eigenvalue weighted by atomic mass is 16.5. The van der Waals surface area contributed by atoms with E-state index in [0.717, 1.165) is 6.29 Å². The van der Waals surface area contributed by atoms with E-state index in [1.54, 1.807) is 0 Å². The molecule has 17 heavy (non-hydrogen) atoms. The molecule has 0 heterocycles. The Labute approximate surface area is 102 Å². The molecule has 0 spiro atoms. The van der Waals surface area contributed by atoms with Gasteiger partial charge >= 0.3 is 5.97 Å². The Morgan fingerprint density at radius 2 is 2.00 bits per heavy atom. The number of rotatable bonds is 6. The van der Waals surface area contributed by atoms with Crippen LogP contribution in [-0.2, 0) is 14.3 Å². The van der Waals surface area contributed by atoms with Gasteiger partial charge in [-0.1, -0.05) is 37.3 Å². The van der Waals surface area contributed by atoms with Crippen molar-refractivity contribution in [3.63, 3.8) is 0 Å². The van der Waals surface area contributed by atoms with Gasteiger partial charge in [0.25, 0.3) is 0 Å². The molecule has 1 aromatic rings. The number of benzene rings is 1. The molecule has 92 valence electrons. The summed E-state index contributed by atoms with van der Waals surface area (Å²) in [6, 6.07) is 9.96. The summed E-state index contributed by atoms with van der Waals surface area (Å²) < 4.78 is 4.70. The predicted octanol–water partition coefficient (Wildman–Crippen LogP) is 2.56. The third kappa shape index (κ3) is 4.02. The minimum Gasteiger partial charge on any atom is -0.469 e. The van der Waals surface area contributed by atoms with Crippen LogP contribution in [0.5, 0.6) is 0 Å². The summed E-state index contributed by atoms with van der Waals surface area (Å²) in [5.41, 5.74) is 1.17. The van der Waals surface area contributed by atoms with Crippen LogP contribution in [0.3, 0.4) is 0 Å². The maximum Gasteiger partial charge on any atom is 0.309 e. The Hall–Kier alpha value is -1.64. The minimum atomic E-state index is -0.340. The molecule has 3 heteroatoms. The van der Waals surface area contributed by atoms with Gasteiger partial charge in [-0.15, -0.1) is 0 Å². The van der Waals surface area contributed by atoms with Crippen LogP contribution in [0.4, 0.5) is 0 Å². The first-order chi connectivity index (χ1) is 8.19. The molecule has 0 saturated heterocycles. The molecule has 0 aliphatic rings. The van der Waals surface area contributed by atoms with Crippen LogP contribution in [0.25, 0.3) is 0 Å². The summed E-state index contributed by atoms with van der Waals surface area (Å²) in [6.07, 6.45) is 1.64.